The molecule has 2 heterocycles. The smallest absolute Gasteiger partial charge is 0.317 e. The summed E-state index contributed by atoms with van der Waals surface area (Å²) in [7, 11) is 0. The lowest BCUT2D eigenvalue weighted by molar-refractivity contribution is -0.158. The minimum absolute atomic E-state index is 0.192. The second-order valence-corrected chi connectivity index (χ2v) is 9.61. The standard InChI is InChI=1S/C27H29N3O4/c1-17-16-19(30-15-12-18(2)28-30)10-11-20(17)25(32)29-14-13-22(26(33)34-27(3,4)5)24(31)21-8-6-7-9-23(21)29/h6-12,15-16,22H,13-14H2,1-5H3. The molecule has 1 unspecified atom stereocenters. The summed E-state index contributed by atoms with van der Waals surface area (Å²) in [4.78, 5) is 41.4. The van der Waals surface area contributed by atoms with Gasteiger partial charge in [0.25, 0.3) is 5.91 Å². The normalized spacial score (nSPS) is 16.1. The number of aryl methyl sites for hydroxylation is 2. The van der Waals surface area contributed by atoms with Crippen LogP contribution in [-0.2, 0) is 9.53 Å². The summed E-state index contributed by atoms with van der Waals surface area (Å²) in [5.41, 5.74) is 3.25. The summed E-state index contributed by atoms with van der Waals surface area (Å²) in [6, 6.07) is 14.4. The predicted octanol–water partition coefficient (Wildman–Crippen LogP) is 4.68. The van der Waals surface area contributed by atoms with Gasteiger partial charge < -0.3 is 9.64 Å². The monoisotopic (exact) mass is 459 g/mol. The number of fused-ring (bicyclic) bond motifs is 1. The van der Waals surface area contributed by atoms with Crippen molar-refractivity contribution in [1.29, 1.82) is 0 Å². The Bertz CT molecular complexity index is 1270. The van der Waals surface area contributed by atoms with E-state index in [2.05, 4.69) is 5.10 Å². The van der Waals surface area contributed by atoms with Crippen LogP contribution in [0.5, 0.6) is 0 Å². The molecular weight excluding hydrogens is 430 g/mol. The number of rotatable bonds is 3. The van der Waals surface area contributed by atoms with Crippen LogP contribution >= 0.6 is 0 Å². The van der Waals surface area contributed by atoms with Crippen molar-refractivity contribution in [3.63, 3.8) is 0 Å². The molecule has 1 atom stereocenters. The molecule has 0 saturated heterocycles. The van der Waals surface area contributed by atoms with Gasteiger partial charge in [-0.3, -0.25) is 14.4 Å². The highest BCUT2D eigenvalue weighted by atomic mass is 16.6. The fourth-order valence-corrected chi connectivity index (χ4v) is 4.16. The molecule has 0 bridgehead atoms. The summed E-state index contributed by atoms with van der Waals surface area (Å²) in [6.45, 7) is 9.34. The van der Waals surface area contributed by atoms with E-state index in [1.165, 1.54) is 0 Å². The molecule has 3 aromatic rings. The SMILES string of the molecule is Cc1ccn(-c2ccc(C(=O)N3CCC(C(=O)OC(C)(C)C)C(=O)c4ccccc43)c(C)c2)n1. The first-order valence-electron chi connectivity index (χ1n) is 11.4. The van der Waals surface area contributed by atoms with Crippen LogP contribution in [0.25, 0.3) is 5.69 Å². The van der Waals surface area contributed by atoms with Crippen molar-refractivity contribution in [3.8, 4) is 5.69 Å². The van der Waals surface area contributed by atoms with Gasteiger partial charge in [0.1, 0.15) is 11.5 Å². The van der Waals surface area contributed by atoms with Crippen molar-refractivity contribution in [3.05, 3.63) is 77.1 Å². The van der Waals surface area contributed by atoms with Gasteiger partial charge in [0.15, 0.2) is 5.78 Å². The Kier molecular flexibility index (Phi) is 6.13. The lowest BCUT2D eigenvalue weighted by Gasteiger charge is -2.24. The Labute approximate surface area is 199 Å². The number of esters is 1. The Balaban J connectivity index is 1.67. The van der Waals surface area contributed by atoms with Crippen molar-refractivity contribution in [1.82, 2.24) is 9.78 Å². The first kappa shape index (κ1) is 23.4. The van der Waals surface area contributed by atoms with Crippen molar-refractivity contribution < 1.29 is 19.1 Å². The van der Waals surface area contributed by atoms with E-state index in [0.717, 1.165) is 16.9 Å². The number of Topliss-reactive ketones (excluding diaryl/α,β-unsaturated/α-hetero) is 1. The van der Waals surface area contributed by atoms with E-state index >= 15 is 0 Å². The van der Waals surface area contributed by atoms with Crippen LogP contribution in [-0.4, -0.2) is 39.6 Å². The van der Waals surface area contributed by atoms with Gasteiger partial charge >= 0.3 is 5.97 Å². The van der Waals surface area contributed by atoms with E-state index in [0.29, 0.717) is 16.8 Å². The second kappa shape index (κ2) is 8.89. The summed E-state index contributed by atoms with van der Waals surface area (Å²) in [5, 5.41) is 4.43. The molecule has 0 fully saturated rings. The first-order chi connectivity index (χ1) is 16.0. The second-order valence-electron chi connectivity index (χ2n) is 9.61. The molecule has 1 amide bonds. The summed E-state index contributed by atoms with van der Waals surface area (Å²) in [5.74, 6) is -2.05. The molecule has 0 saturated carbocycles. The van der Waals surface area contributed by atoms with E-state index < -0.39 is 17.5 Å². The van der Waals surface area contributed by atoms with Crippen LogP contribution in [0.2, 0.25) is 0 Å². The third kappa shape index (κ3) is 4.64. The minimum atomic E-state index is -0.954. The molecule has 7 nitrogen and oxygen atoms in total. The highest BCUT2D eigenvalue weighted by molar-refractivity contribution is 6.16. The van der Waals surface area contributed by atoms with E-state index in [1.54, 1.807) is 60.7 Å². The van der Waals surface area contributed by atoms with E-state index in [9.17, 15) is 14.4 Å². The van der Waals surface area contributed by atoms with Crippen molar-refractivity contribution >= 4 is 23.3 Å². The lowest BCUT2D eigenvalue weighted by Crippen LogP contribution is -2.35. The fraction of sp³-hybridized carbons (Fsp3) is 0.333. The van der Waals surface area contributed by atoms with Gasteiger partial charge in [0.2, 0.25) is 0 Å². The molecule has 34 heavy (non-hydrogen) atoms. The molecule has 0 spiro atoms. The molecule has 0 radical (unpaired) electrons. The number of amides is 1. The first-order valence-corrected chi connectivity index (χ1v) is 11.4. The number of anilines is 1. The summed E-state index contributed by atoms with van der Waals surface area (Å²) in [6.07, 6.45) is 2.07. The molecular formula is C27H29N3O4. The number of carbonyl (C=O) groups is 3. The highest BCUT2D eigenvalue weighted by Gasteiger charge is 2.37. The van der Waals surface area contributed by atoms with Crippen molar-refractivity contribution in [2.75, 3.05) is 11.4 Å². The number of aromatic nitrogens is 2. The molecule has 1 aliphatic rings. The molecule has 1 aliphatic heterocycles. The predicted molar refractivity (Wildman–Crippen MR) is 129 cm³/mol. The van der Waals surface area contributed by atoms with Crippen molar-refractivity contribution in [2.45, 2.75) is 46.6 Å². The Morgan fingerprint density at radius 2 is 1.79 bits per heavy atom. The topological polar surface area (TPSA) is 81.5 Å². The number of hydrogen-bond donors (Lipinski definition) is 0. The maximum atomic E-state index is 13.7. The Morgan fingerprint density at radius 3 is 2.44 bits per heavy atom. The summed E-state index contributed by atoms with van der Waals surface area (Å²) >= 11 is 0. The van der Waals surface area contributed by atoms with Gasteiger partial charge in [-0.2, -0.15) is 5.10 Å². The maximum absolute atomic E-state index is 13.7. The minimum Gasteiger partial charge on any atom is -0.459 e. The van der Waals surface area contributed by atoms with E-state index in [4.69, 9.17) is 4.74 Å². The van der Waals surface area contributed by atoms with E-state index in [1.807, 2.05) is 38.2 Å². The quantitative estimate of drug-likeness (QED) is 0.420. The molecule has 7 heteroatoms. The number of benzene rings is 2. The third-order valence-electron chi connectivity index (χ3n) is 5.78. The number of para-hydroxylation sites is 1. The Hall–Kier alpha value is -3.74. The van der Waals surface area contributed by atoms with Crippen LogP contribution in [0.1, 0.15) is 59.2 Å². The van der Waals surface area contributed by atoms with Crippen molar-refractivity contribution in [2.24, 2.45) is 5.92 Å². The zero-order valence-corrected chi connectivity index (χ0v) is 20.2. The van der Waals surface area contributed by atoms with E-state index in [-0.39, 0.29) is 24.7 Å². The van der Waals surface area contributed by atoms with Gasteiger partial charge in [0, 0.05) is 23.9 Å². The third-order valence-corrected chi connectivity index (χ3v) is 5.78. The number of hydrogen-bond acceptors (Lipinski definition) is 5. The summed E-state index contributed by atoms with van der Waals surface area (Å²) < 4.78 is 7.27. The lowest BCUT2D eigenvalue weighted by atomic mass is 9.95. The molecule has 0 N–H and O–H groups in total. The molecule has 0 aliphatic carbocycles. The molecule has 1 aromatic heterocycles. The van der Waals surface area contributed by atoms with Gasteiger partial charge in [-0.1, -0.05) is 12.1 Å². The maximum Gasteiger partial charge on any atom is 0.317 e. The van der Waals surface area contributed by atoms with Gasteiger partial charge in [-0.15, -0.1) is 0 Å². The average Bonchev–Trinajstić information content (AvgIpc) is 3.14. The fourth-order valence-electron chi connectivity index (χ4n) is 4.16. The van der Waals surface area contributed by atoms with Crippen LogP contribution < -0.4 is 4.90 Å². The average molecular weight is 460 g/mol. The number of carbonyl (C=O) groups excluding carboxylic acids is 3. The van der Waals surface area contributed by atoms with Crippen LogP contribution in [0, 0.1) is 19.8 Å². The highest BCUT2D eigenvalue weighted by Crippen LogP contribution is 2.32. The van der Waals surface area contributed by atoms with Gasteiger partial charge in [-0.25, -0.2) is 4.68 Å². The number of ether oxygens (including phenoxy) is 1. The molecule has 4 rings (SSSR count). The molecule has 2 aromatic carbocycles. The van der Waals surface area contributed by atoms with Gasteiger partial charge in [-0.05, 0) is 83.0 Å². The zero-order valence-electron chi connectivity index (χ0n) is 20.2. The van der Waals surface area contributed by atoms with Crippen LogP contribution in [0.3, 0.4) is 0 Å². The molecule has 176 valence electrons. The Morgan fingerprint density at radius 1 is 1.06 bits per heavy atom. The van der Waals surface area contributed by atoms with Crippen LogP contribution in [0.15, 0.2) is 54.7 Å². The largest absolute Gasteiger partial charge is 0.459 e. The van der Waals surface area contributed by atoms with Gasteiger partial charge in [0.05, 0.1) is 17.1 Å². The number of ketones is 1. The zero-order chi connectivity index (χ0) is 24.6. The number of nitrogens with zero attached hydrogens (tertiary/aromatic N) is 3. The van der Waals surface area contributed by atoms with Crippen LogP contribution in [0.4, 0.5) is 5.69 Å².